The first-order chi connectivity index (χ1) is 6.81. The lowest BCUT2D eigenvalue weighted by molar-refractivity contribution is -0.142. The lowest BCUT2D eigenvalue weighted by Crippen LogP contribution is -2.37. The average Bonchev–Trinajstić information content (AvgIpc) is 2.45. The van der Waals surface area contributed by atoms with Crippen LogP contribution >= 0.6 is 0 Å². The highest BCUT2D eigenvalue weighted by Crippen LogP contribution is 2.30. The van der Waals surface area contributed by atoms with E-state index in [9.17, 15) is 9.59 Å². The Kier molecular flexibility index (Phi) is 3.37. The number of carbonyl (C=O) groups excluding carboxylic acids is 1. The van der Waals surface area contributed by atoms with Crippen LogP contribution in [0.5, 0.6) is 0 Å². The summed E-state index contributed by atoms with van der Waals surface area (Å²) in [6.07, 6.45) is 1.66. The van der Waals surface area contributed by atoms with Gasteiger partial charge in [-0.05, 0) is 18.3 Å². The second kappa shape index (κ2) is 4.21. The Labute approximate surface area is 90.3 Å². The highest BCUT2D eigenvalue weighted by Gasteiger charge is 2.36. The van der Waals surface area contributed by atoms with Crippen LogP contribution in [0.2, 0.25) is 0 Å². The van der Waals surface area contributed by atoms with Crippen LogP contribution in [0.1, 0.15) is 40.0 Å². The van der Waals surface area contributed by atoms with Crippen molar-refractivity contribution in [2.24, 2.45) is 5.41 Å². The molecule has 0 aromatic rings. The number of amides is 1. The molecule has 0 unspecified atom stereocenters. The molecular formula is C11H18NO3. The Bertz CT molecular complexity index is 267. The van der Waals surface area contributed by atoms with Gasteiger partial charge in [-0.3, -0.25) is 4.79 Å². The average molecular weight is 212 g/mol. The van der Waals surface area contributed by atoms with Gasteiger partial charge in [0.15, 0.2) is 6.04 Å². The molecule has 1 heterocycles. The van der Waals surface area contributed by atoms with Crippen molar-refractivity contribution >= 4 is 11.9 Å². The molecule has 4 heteroatoms. The summed E-state index contributed by atoms with van der Waals surface area (Å²) in [7, 11) is 0. The van der Waals surface area contributed by atoms with Gasteiger partial charge in [0.2, 0.25) is 5.91 Å². The lowest BCUT2D eigenvalue weighted by atomic mass is 9.87. The molecule has 0 aromatic heterocycles. The number of rotatable bonds is 3. The molecule has 0 saturated carbocycles. The number of nitrogens with zero attached hydrogens (tertiary/aromatic N) is 1. The van der Waals surface area contributed by atoms with Crippen molar-refractivity contribution in [1.82, 2.24) is 4.90 Å². The van der Waals surface area contributed by atoms with Gasteiger partial charge in [0.25, 0.3) is 0 Å². The van der Waals surface area contributed by atoms with Gasteiger partial charge < -0.3 is 10.0 Å². The summed E-state index contributed by atoms with van der Waals surface area (Å²) in [6.45, 7) is 6.46. The molecule has 0 aliphatic carbocycles. The number of hydrogen-bond acceptors (Lipinski definition) is 2. The third kappa shape index (κ3) is 3.22. The third-order valence-corrected chi connectivity index (χ3v) is 2.34. The zero-order valence-corrected chi connectivity index (χ0v) is 9.54. The molecule has 4 nitrogen and oxygen atoms in total. The summed E-state index contributed by atoms with van der Waals surface area (Å²) in [5, 5.41) is 9.08. The fraction of sp³-hybridized carbons (Fsp3) is 0.727. The molecule has 0 spiro atoms. The smallest absolute Gasteiger partial charge is 0.332 e. The minimum Gasteiger partial charge on any atom is -0.479 e. The number of likely N-dealkylation sites (tertiary alicyclic amines) is 1. The first kappa shape index (κ1) is 12.0. The molecule has 1 saturated heterocycles. The Hall–Kier alpha value is -1.06. The summed E-state index contributed by atoms with van der Waals surface area (Å²) < 4.78 is 0. The normalized spacial score (nSPS) is 17.6. The van der Waals surface area contributed by atoms with E-state index in [1.165, 1.54) is 4.90 Å². The van der Waals surface area contributed by atoms with Crippen molar-refractivity contribution in [1.29, 1.82) is 0 Å². The maximum atomic E-state index is 11.4. The summed E-state index contributed by atoms with van der Waals surface area (Å²) in [6, 6.07) is 0.241. The Morgan fingerprint density at radius 3 is 2.40 bits per heavy atom. The van der Waals surface area contributed by atoms with Gasteiger partial charge in [-0.2, -0.15) is 0 Å². The summed E-state index contributed by atoms with van der Waals surface area (Å²) in [5.74, 6) is -1.03. The molecule has 1 N–H and O–H groups in total. The van der Waals surface area contributed by atoms with Gasteiger partial charge in [-0.1, -0.05) is 20.8 Å². The summed E-state index contributed by atoms with van der Waals surface area (Å²) in [5.41, 5.74) is -0.114. The Balaban J connectivity index is 2.74. The van der Waals surface area contributed by atoms with E-state index < -0.39 is 5.97 Å². The van der Waals surface area contributed by atoms with Crippen molar-refractivity contribution in [3.05, 3.63) is 6.04 Å². The molecule has 1 radical (unpaired) electrons. The SMILES string of the molecule is CC(C)(C)C[C](C(=O)O)N1CCCC1=O. The van der Waals surface area contributed by atoms with Crippen molar-refractivity contribution in [2.75, 3.05) is 6.54 Å². The number of carboxylic acid groups (broad SMARTS) is 1. The van der Waals surface area contributed by atoms with Crippen LogP contribution in [0.3, 0.4) is 0 Å². The molecule has 0 bridgehead atoms. The van der Waals surface area contributed by atoms with E-state index in [1.54, 1.807) is 0 Å². The largest absolute Gasteiger partial charge is 0.479 e. The van der Waals surface area contributed by atoms with E-state index >= 15 is 0 Å². The Morgan fingerprint density at radius 2 is 2.07 bits per heavy atom. The van der Waals surface area contributed by atoms with Crippen LogP contribution in [0.4, 0.5) is 0 Å². The van der Waals surface area contributed by atoms with E-state index in [0.717, 1.165) is 6.42 Å². The summed E-state index contributed by atoms with van der Waals surface area (Å²) in [4.78, 5) is 24.0. The number of hydrogen-bond donors (Lipinski definition) is 1. The molecule has 1 aliphatic heterocycles. The Morgan fingerprint density at radius 1 is 1.47 bits per heavy atom. The fourth-order valence-corrected chi connectivity index (χ4v) is 1.72. The lowest BCUT2D eigenvalue weighted by Gasteiger charge is -2.28. The van der Waals surface area contributed by atoms with Crippen molar-refractivity contribution < 1.29 is 14.7 Å². The predicted molar refractivity (Wildman–Crippen MR) is 55.9 cm³/mol. The van der Waals surface area contributed by atoms with Gasteiger partial charge in [-0.25, -0.2) is 4.79 Å². The van der Waals surface area contributed by atoms with Gasteiger partial charge in [-0.15, -0.1) is 0 Å². The van der Waals surface area contributed by atoms with Gasteiger partial charge in [0.1, 0.15) is 0 Å². The zero-order valence-electron chi connectivity index (χ0n) is 9.54. The van der Waals surface area contributed by atoms with Gasteiger partial charge >= 0.3 is 5.97 Å². The fourth-order valence-electron chi connectivity index (χ4n) is 1.72. The van der Waals surface area contributed by atoms with Crippen LogP contribution in [0.25, 0.3) is 0 Å². The molecule has 1 rings (SSSR count). The van der Waals surface area contributed by atoms with E-state index in [-0.39, 0.29) is 17.4 Å². The number of carbonyl (C=O) groups is 2. The van der Waals surface area contributed by atoms with Gasteiger partial charge in [0, 0.05) is 13.0 Å². The maximum Gasteiger partial charge on any atom is 0.332 e. The minimum absolute atomic E-state index is 0.0587. The molecule has 1 amide bonds. The summed E-state index contributed by atoms with van der Waals surface area (Å²) >= 11 is 0. The van der Waals surface area contributed by atoms with Crippen LogP contribution in [-0.2, 0) is 9.59 Å². The first-order valence-electron chi connectivity index (χ1n) is 5.21. The monoisotopic (exact) mass is 212 g/mol. The molecular weight excluding hydrogens is 194 g/mol. The zero-order chi connectivity index (χ0) is 11.6. The highest BCUT2D eigenvalue weighted by molar-refractivity contribution is 5.90. The first-order valence-corrected chi connectivity index (χ1v) is 5.21. The molecule has 1 aliphatic rings. The van der Waals surface area contributed by atoms with E-state index in [0.29, 0.717) is 19.4 Å². The molecule has 0 atom stereocenters. The van der Waals surface area contributed by atoms with Crippen LogP contribution < -0.4 is 0 Å². The quantitative estimate of drug-likeness (QED) is 0.774. The van der Waals surface area contributed by atoms with Crippen molar-refractivity contribution in [2.45, 2.75) is 40.0 Å². The van der Waals surface area contributed by atoms with Crippen LogP contribution in [0, 0.1) is 11.5 Å². The topological polar surface area (TPSA) is 57.6 Å². The molecule has 15 heavy (non-hydrogen) atoms. The standard InChI is InChI=1S/C11H18NO3/c1-11(2,3)7-8(10(14)15)12-6-4-5-9(12)13/h4-7H2,1-3H3,(H,14,15). The van der Waals surface area contributed by atoms with E-state index in [4.69, 9.17) is 5.11 Å². The van der Waals surface area contributed by atoms with E-state index in [1.807, 2.05) is 20.8 Å². The van der Waals surface area contributed by atoms with Crippen molar-refractivity contribution in [3.63, 3.8) is 0 Å². The molecule has 85 valence electrons. The van der Waals surface area contributed by atoms with Crippen molar-refractivity contribution in [3.8, 4) is 0 Å². The number of carboxylic acids is 1. The van der Waals surface area contributed by atoms with E-state index in [2.05, 4.69) is 0 Å². The highest BCUT2D eigenvalue weighted by atomic mass is 16.4. The second-order valence-corrected chi connectivity index (χ2v) is 5.14. The minimum atomic E-state index is -0.972. The van der Waals surface area contributed by atoms with Crippen LogP contribution in [0.15, 0.2) is 0 Å². The third-order valence-electron chi connectivity index (χ3n) is 2.34. The predicted octanol–water partition coefficient (Wildman–Crippen LogP) is 1.66. The maximum absolute atomic E-state index is 11.4. The number of aliphatic carboxylic acids is 1. The van der Waals surface area contributed by atoms with Gasteiger partial charge in [0.05, 0.1) is 0 Å². The molecule has 0 aromatic carbocycles. The second-order valence-electron chi connectivity index (χ2n) is 5.14. The van der Waals surface area contributed by atoms with Crippen LogP contribution in [-0.4, -0.2) is 28.4 Å². The molecule has 1 fully saturated rings.